The van der Waals surface area contributed by atoms with Gasteiger partial charge in [-0.1, -0.05) is 31.4 Å². The molecule has 0 radical (unpaired) electrons. The highest BCUT2D eigenvalue weighted by Gasteiger charge is 2.26. The van der Waals surface area contributed by atoms with E-state index in [0.29, 0.717) is 15.6 Å². The van der Waals surface area contributed by atoms with Crippen LogP contribution in [-0.4, -0.2) is 31.7 Å². The summed E-state index contributed by atoms with van der Waals surface area (Å²) in [6.07, 6.45) is 10.1. The molecule has 1 fully saturated rings. The molecule has 2 aliphatic rings. The highest BCUT2D eigenvalue weighted by Crippen LogP contribution is 2.35. The first-order valence-electron chi connectivity index (χ1n) is 10.8. The van der Waals surface area contributed by atoms with Crippen molar-refractivity contribution in [3.05, 3.63) is 45.6 Å². The van der Waals surface area contributed by atoms with Crippen LogP contribution in [0.4, 0.5) is 0 Å². The summed E-state index contributed by atoms with van der Waals surface area (Å²) < 4.78 is 13.7. The number of thiazole rings is 1. The Kier molecular flexibility index (Phi) is 5.94. The molecule has 0 spiro atoms. The zero-order valence-corrected chi connectivity index (χ0v) is 19.5. The molecule has 6 heteroatoms. The minimum Gasteiger partial charge on any atom is -0.383 e. The number of rotatable bonds is 8. The molecule has 2 aliphatic carbocycles. The third-order valence-electron chi connectivity index (χ3n) is 6.37. The Labute approximate surface area is 183 Å². The summed E-state index contributed by atoms with van der Waals surface area (Å²) in [5.41, 5.74) is 4.15. The van der Waals surface area contributed by atoms with E-state index in [1.807, 2.05) is 0 Å². The molecular weight excluding hydrogens is 414 g/mol. The van der Waals surface area contributed by atoms with Crippen LogP contribution in [0.3, 0.4) is 0 Å². The van der Waals surface area contributed by atoms with Gasteiger partial charge >= 0.3 is 0 Å². The van der Waals surface area contributed by atoms with E-state index in [-0.39, 0.29) is 11.5 Å². The topological polar surface area (TPSA) is 67.3 Å². The first kappa shape index (κ1) is 21.7. The van der Waals surface area contributed by atoms with Gasteiger partial charge in [0, 0.05) is 15.9 Å². The van der Waals surface area contributed by atoms with E-state index < -0.39 is 15.1 Å². The Morgan fingerprint density at radius 3 is 2.70 bits per heavy atom. The van der Waals surface area contributed by atoms with Gasteiger partial charge in [0.25, 0.3) is 0 Å². The SMILES string of the molecule is C=S(=O)(CC(=O)Cc1c(CC2CCC2)ccc2c1CCC2)c1cnc(C(C)(C)O)s1. The number of aromatic nitrogens is 1. The normalized spacial score (nSPS) is 18.6. The smallest absolute Gasteiger partial charge is 0.149 e. The van der Waals surface area contributed by atoms with Gasteiger partial charge in [-0.15, -0.1) is 11.3 Å². The number of carbonyl (C=O) groups is 1. The Balaban J connectivity index is 1.53. The van der Waals surface area contributed by atoms with Gasteiger partial charge in [0.15, 0.2) is 0 Å². The lowest BCUT2D eigenvalue weighted by Crippen LogP contribution is -2.20. The number of hydrogen-bond acceptors (Lipinski definition) is 5. The van der Waals surface area contributed by atoms with Crippen LogP contribution in [0, 0.1) is 5.92 Å². The van der Waals surface area contributed by atoms with Crippen molar-refractivity contribution in [2.24, 2.45) is 5.92 Å². The standard InChI is InChI=1S/C24H31NO3S2/c1-24(2,27)23-25-14-22(29-23)30(3,28)15-19(26)13-21-18(12-16-6-4-7-16)11-10-17-8-5-9-20(17)21/h10-11,14,16,27H,3-9,12-13,15H2,1-2H3. The first-order chi connectivity index (χ1) is 14.1. The zero-order chi connectivity index (χ0) is 21.5. The van der Waals surface area contributed by atoms with Gasteiger partial charge in [-0.25, -0.2) is 4.98 Å². The Bertz CT molecular complexity index is 1060. The van der Waals surface area contributed by atoms with Crippen molar-refractivity contribution in [1.29, 1.82) is 0 Å². The third-order valence-corrected chi connectivity index (χ3v) is 10.3. The largest absolute Gasteiger partial charge is 0.383 e. The molecule has 1 saturated carbocycles. The Hall–Kier alpha value is -1.50. The molecular formula is C24H31NO3S2. The lowest BCUT2D eigenvalue weighted by molar-refractivity contribution is -0.116. The number of carbonyl (C=O) groups excluding carboxylic acids is 1. The van der Waals surface area contributed by atoms with Crippen molar-refractivity contribution >= 4 is 32.5 Å². The quantitative estimate of drug-likeness (QED) is 0.622. The predicted molar refractivity (Wildman–Crippen MR) is 124 cm³/mol. The maximum absolute atomic E-state index is 13.2. The molecule has 162 valence electrons. The fraction of sp³-hybridized carbons (Fsp3) is 0.542. The van der Waals surface area contributed by atoms with Gasteiger partial charge in [0.2, 0.25) is 0 Å². The molecule has 30 heavy (non-hydrogen) atoms. The average molecular weight is 446 g/mol. The van der Waals surface area contributed by atoms with Crippen LogP contribution in [0.1, 0.15) is 66.8 Å². The molecule has 2 aromatic rings. The molecule has 0 amide bonds. The molecule has 1 atom stereocenters. The molecule has 1 unspecified atom stereocenters. The maximum Gasteiger partial charge on any atom is 0.149 e. The van der Waals surface area contributed by atoms with E-state index >= 15 is 0 Å². The summed E-state index contributed by atoms with van der Waals surface area (Å²) in [5.74, 6) is 4.52. The van der Waals surface area contributed by atoms with Crippen molar-refractivity contribution < 1.29 is 14.1 Å². The van der Waals surface area contributed by atoms with Gasteiger partial charge < -0.3 is 5.11 Å². The second-order valence-corrected chi connectivity index (χ2v) is 13.1. The summed E-state index contributed by atoms with van der Waals surface area (Å²) in [7, 11) is -2.77. The van der Waals surface area contributed by atoms with Crippen LogP contribution < -0.4 is 0 Å². The second-order valence-electron chi connectivity index (χ2n) is 9.41. The summed E-state index contributed by atoms with van der Waals surface area (Å²) in [6.45, 7) is 3.29. The number of aryl methyl sites for hydroxylation is 1. The molecule has 4 rings (SSSR count). The summed E-state index contributed by atoms with van der Waals surface area (Å²) >= 11 is 1.19. The Morgan fingerprint density at radius 1 is 1.30 bits per heavy atom. The molecule has 1 heterocycles. The number of hydrogen-bond donors (Lipinski definition) is 1. The van der Waals surface area contributed by atoms with E-state index in [4.69, 9.17) is 0 Å². The van der Waals surface area contributed by atoms with Crippen molar-refractivity contribution in [3.63, 3.8) is 0 Å². The van der Waals surface area contributed by atoms with Gasteiger partial charge in [0.1, 0.15) is 20.6 Å². The minimum absolute atomic E-state index is 0.0247. The number of fused-ring (bicyclic) bond motifs is 1. The number of Topliss-reactive ketones (excluding diaryl/α,β-unsaturated/α-hetero) is 1. The van der Waals surface area contributed by atoms with Crippen LogP contribution >= 0.6 is 11.3 Å². The predicted octanol–water partition coefficient (Wildman–Crippen LogP) is 4.09. The highest BCUT2D eigenvalue weighted by molar-refractivity contribution is 8.02. The van der Waals surface area contributed by atoms with E-state index in [2.05, 4.69) is 23.0 Å². The van der Waals surface area contributed by atoms with E-state index in [1.165, 1.54) is 59.0 Å². The first-order valence-corrected chi connectivity index (χ1v) is 13.5. The molecule has 1 aromatic heterocycles. The van der Waals surface area contributed by atoms with Gasteiger partial charge in [-0.2, -0.15) is 0 Å². The van der Waals surface area contributed by atoms with Crippen LogP contribution in [0.25, 0.3) is 0 Å². The number of benzene rings is 1. The number of aliphatic hydroxyl groups is 1. The van der Waals surface area contributed by atoms with Crippen molar-refractivity contribution in [3.8, 4) is 0 Å². The fourth-order valence-electron chi connectivity index (χ4n) is 4.50. The monoisotopic (exact) mass is 445 g/mol. The highest BCUT2D eigenvalue weighted by atomic mass is 32.2. The molecule has 1 aromatic carbocycles. The minimum atomic E-state index is -2.77. The third kappa shape index (κ3) is 4.56. The van der Waals surface area contributed by atoms with Gasteiger partial charge in [-0.3, -0.25) is 9.00 Å². The number of ketones is 1. The molecule has 0 bridgehead atoms. The maximum atomic E-state index is 13.2. The van der Waals surface area contributed by atoms with Crippen molar-refractivity contribution in [2.75, 3.05) is 5.75 Å². The summed E-state index contributed by atoms with van der Waals surface area (Å²) in [6, 6.07) is 4.48. The molecule has 0 aliphatic heterocycles. The molecule has 4 nitrogen and oxygen atoms in total. The Morgan fingerprint density at radius 2 is 2.07 bits per heavy atom. The number of nitrogens with zero attached hydrogens (tertiary/aromatic N) is 1. The molecule has 0 saturated heterocycles. The van der Waals surface area contributed by atoms with E-state index in [0.717, 1.165) is 31.6 Å². The van der Waals surface area contributed by atoms with Gasteiger partial charge in [0.05, 0.1) is 11.9 Å². The fourth-order valence-corrected chi connectivity index (χ4v) is 7.19. The summed E-state index contributed by atoms with van der Waals surface area (Å²) in [4.78, 5) is 17.2. The zero-order valence-electron chi connectivity index (χ0n) is 17.9. The van der Waals surface area contributed by atoms with Crippen molar-refractivity contribution in [2.45, 2.75) is 75.0 Å². The van der Waals surface area contributed by atoms with E-state index in [9.17, 15) is 14.1 Å². The average Bonchev–Trinajstić information content (AvgIpc) is 3.28. The lowest BCUT2D eigenvalue weighted by atomic mass is 9.79. The van der Waals surface area contributed by atoms with Crippen molar-refractivity contribution in [1.82, 2.24) is 4.98 Å². The summed E-state index contributed by atoms with van der Waals surface area (Å²) in [5, 5.41) is 10.6. The van der Waals surface area contributed by atoms with E-state index in [1.54, 1.807) is 13.8 Å². The van der Waals surface area contributed by atoms with Crippen LogP contribution in [-0.2, 0) is 45.6 Å². The van der Waals surface area contributed by atoms with Crippen LogP contribution in [0.5, 0.6) is 0 Å². The lowest BCUT2D eigenvalue weighted by Gasteiger charge is -2.27. The second kappa shape index (κ2) is 8.21. The van der Waals surface area contributed by atoms with Gasteiger partial charge in [-0.05, 0) is 73.6 Å². The van der Waals surface area contributed by atoms with Crippen LogP contribution in [0.15, 0.2) is 22.5 Å². The molecule has 1 N–H and O–H groups in total. The van der Waals surface area contributed by atoms with Crippen LogP contribution in [0.2, 0.25) is 0 Å².